The Bertz CT molecular complexity index is 513. The second-order valence-corrected chi connectivity index (χ2v) is 5.65. The smallest absolute Gasteiger partial charge is 0.350 e. The number of thiophene rings is 1. The average Bonchev–Trinajstić information content (AvgIpc) is 2.75. The number of carbonyl (C=O) groups excluding carboxylic acids is 1. The summed E-state index contributed by atoms with van der Waals surface area (Å²) >= 11 is 1.20. The van der Waals surface area contributed by atoms with E-state index in [1.807, 2.05) is 0 Å². The molecule has 0 atom stereocenters. The predicted molar refractivity (Wildman–Crippen MR) is 75.3 cm³/mol. The van der Waals surface area contributed by atoms with Gasteiger partial charge in [-0.05, 0) is 12.8 Å². The second-order valence-electron chi connectivity index (χ2n) is 4.63. The highest BCUT2D eigenvalue weighted by molar-refractivity contribution is 7.18. The number of nitrogens with zero attached hydrogens (tertiary/aromatic N) is 1. The number of anilines is 2. The van der Waals surface area contributed by atoms with Crippen LogP contribution in [0.15, 0.2) is 0 Å². The Morgan fingerprint density at radius 2 is 2.16 bits per heavy atom. The SMILES string of the molecule is COC(=O)c1sc(NC2CCCCC2)c(C#N)c1N. The van der Waals surface area contributed by atoms with Crippen LogP contribution in [-0.4, -0.2) is 19.1 Å². The molecule has 1 aromatic heterocycles. The van der Waals surface area contributed by atoms with Gasteiger partial charge in [0.05, 0.1) is 12.8 Å². The minimum absolute atomic E-state index is 0.220. The van der Waals surface area contributed by atoms with Gasteiger partial charge in [-0.2, -0.15) is 5.26 Å². The van der Waals surface area contributed by atoms with Crippen LogP contribution in [0.1, 0.15) is 47.3 Å². The molecule has 0 bridgehead atoms. The van der Waals surface area contributed by atoms with Crippen LogP contribution in [0.5, 0.6) is 0 Å². The molecule has 1 aromatic rings. The minimum Gasteiger partial charge on any atom is -0.465 e. The molecule has 3 N–H and O–H groups in total. The van der Waals surface area contributed by atoms with E-state index in [0.717, 1.165) is 12.8 Å². The molecule has 1 fully saturated rings. The van der Waals surface area contributed by atoms with Crippen molar-refractivity contribution in [2.24, 2.45) is 0 Å². The number of methoxy groups -OCH3 is 1. The van der Waals surface area contributed by atoms with Crippen molar-refractivity contribution < 1.29 is 9.53 Å². The van der Waals surface area contributed by atoms with E-state index < -0.39 is 5.97 Å². The van der Waals surface area contributed by atoms with E-state index in [1.165, 1.54) is 37.7 Å². The van der Waals surface area contributed by atoms with Gasteiger partial charge in [0.15, 0.2) is 0 Å². The first kappa shape index (κ1) is 13.7. The minimum atomic E-state index is -0.490. The van der Waals surface area contributed by atoms with Crippen molar-refractivity contribution >= 4 is 28.0 Å². The van der Waals surface area contributed by atoms with Crippen molar-refractivity contribution in [2.75, 3.05) is 18.2 Å². The summed E-state index contributed by atoms with van der Waals surface area (Å²) in [6.07, 6.45) is 5.85. The number of nitriles is 1. The van der Waals surface area contributed by atoms with Crippen LogP contribution >= 0.6 is 11.3 Å². The summed E-state index contributed by atoms with van der Waals surface area (Å²) in [7, 11) is 1.31. The second kappa shape index (κ2) is 5.93. The number of carbonyl (C=O) groups is 1. The first-order chi connectivity index (χ1) is 9.17. The molecule has 0 spiro atoms. The molecule has 102 valence electrons. The lowest BCUT2D eigenvalue weighted by Crippen LogP contribution is -2.22. The Morgan fingerprint density at radius 1 is 1.47 bits per heavy atom. The molecule has 1 saturated carbocycles. The van der Waals surface area contributed by atoms with Crippen LogP contribution in [0.4, 0.5) is 10.7 Å². The monoisotopic (exact) mass is 279 g/mol. The average molecular weight is 279 g/mol. The van der Waals surface area contributed by atoms with E-state index in [4.69, 9.17) is 5.73 Å². The fourth-order valence-electron chi connectivity index (χ4n) is 2.33. The van der Waals surface area contributed by atoms with Crippen LogP contribution in [-0.2, 0) is 4.74 Å². The van der Waals surface area contributed by atoms with E-state index in [-0.39, 0.29) is 5.69 Å². The highest BCUT2D eigenvalue weighted by Gasteiger charge is 2.23. The van der Waals surface area contributed by atoms with Crippen LogP contribution in [0, 0.1) is 11.3 Å². The molecule has 0 aliphatic heterocycles. The molecule has 0 aromatic carbocycles. The summed E-state index contributed by atoms with van der Waals surface area (Å²) in [6, 6.07) is 2.43. The maximum atomic E-state index is 11.6. The third-order valence-electron chi connectivity index (χ3n) is 3.37. The van der Waals surface area contributed by atoms with Gasteiger partial charge in [0.2, 0.25) is 0 Å². The van der Waals surface area contributed by atoms with Gasteiger partial charge in [-0.25, -0.2) is 4.79 Å². The van der Waals surface area contributed by atoms with Crippen molar-refractivity contribution in [1.29, 1.82) is 5.26 Å². The number of esters is 1. The van der Waals surface area contributed by atoms with Gasteiger partial charge in [-0.1, -0.05) is 19.3 Å². The molecule has 5 nitrogen and oxygen atoms in total. The molecule has 0 saturated heterocycles. The van der Waals surface area contributed by atoms with E-state index in [9.17, 15) is 10.1 Å². The zero-order chi connectivity index (χ0) is 13.8. The summed E-state index contributed by atoms with van der Waals surface area (Å²) in [6.45, 7) is 0. The lowest BCUT2D eigenvalue weighted by atomic mass is 9.95. The van der Waals surface area contributed by atoms with Crippen LogP contribution in [0.25, 0.3) is 0 Å². The van der Waals surface area contributed by atoms with E-state index in [1.54, 1.807) is 0 Å². The Kier molecular flexibility index (Phi) is 4.27. The molecule has 0 amide bonds. The fourth-order valence-corrected chi connectivity index (χ4v) is 3.40. The Balaban J connectivity index is 2.24. The first-order valence-electron chi connectivity index (χ1n) is 6.34. The number of ether oxygens (including phenoxy) is 1. The number of rotatable bonds is 3. The maximum absolute atomic E-state index is 11.6. The van der Waals surface area contributed by atoms with Gasteiger partial charge in [-0.3, -0.25) is 0 Å². The lowest BCUT2D eigenvalue weighted by molar-refractivity contribution is 0.0607. The fraction of sp³-hybridized carbons (Fsp3) is 0.538. The van der Waals surface area contributed by atoms with Crippen LogP contribution in [0.3, 0.4) is 0 Å². The van der Waals surface area contributed by atoms with Crippen molar-refractivity contribution in [3.05, 3.63) is 10.4 Å². The highest BCUT2D eigenvalue weighted by Crippen LogP contribution is 2.37. The van der Waals surface area contributed by atoms with Crippen molar-refractivity contribution in [3.8, 4) is 6.07 Å². The van der Waals surface area contributed by atoms with Gasteiger partial charge in [0.1, 0.15) is 21.5 Å². The third kappa shape index (κ3) is 2.82. The van der Waals surface area contributed by atoms with Gasteiger partial charge >= 0.3 is 5.97 Å². The lowest BCUT2D eigenvalue weighted by Gasteiger charge is -2.23. The molecular formula is C13H17N3O2S. The molecule has 6 heteroatoms. The zero-order valence-corrected chi connectivity index (χ0v) is 11.7. The first-order valence-corrected chi connectivity index (χ1v) is 7.16. The van der Waals surface area contributed by atoms with Crippen molar-refractivity contribution in [2.45, 2.75) is 38.1 Å². The quantitative estimate of drug-likeness (QED) is 0.830. The molecular weight excluding hydrogens is 262 g/mol. The summed E-state index contributed by atoms with van der Waals surface area (Å²) in [4.78, 5) is 11.9. The van der Waals surface area contributed by atoms with Gasteiger partial charge < -0.3 is 15.8 Å². The molecule has 1 aliphatic rings. The van der Waals surface area contributed by atoms with E-state index >= 15 is 0 Å². The van der Waals surface area contributed by atoms with Gasteiger partial charge in [0.25, 0.3) is 0 Å². The normalized spacial score (nSPS) is 15.8. The molecule has 0 radical (unpaired) electrons. The van der Waals surface area contributed by atoms with E-state index in [0.29, 0.717) is 21.5 Å². The molecule has 19 heavy (non-hydrogen) atoms. The third-order valence-corrected chi connectivity index (χ3v) is 4.48. The van der Waals surface area contributed by atoms with E-state index in [2.05, 4.69) is 16.1 Å². The maximum Gasteiger partial charge on any atom is 0.350 e. The van der Waals surface area contributed by atoms with Crippen LogP contribution in [0.2, 0.25) is 0 Å². The number of nitrogen functional groups attached to an aromatic ring is 1. The highest BCUT2D eigenvalue weighted by atomic mass is 32.1. The molecule has 0 unspecified atom stereocenters. The number of hydrogen-bond donors (Lipinski definition) is 2. The summed E-state index contributed by atoms with van der Waals surface area (Å²) in [5, 5.41) is 13.2. The Hall–Kier alpha value is -1.74. The Labute approximate surface area is 116 Å². The predicted octanol–water partition coefficient (Wildman–Crippen LogP) is 2.73. The number of nitrogens with two attached hydrogens (primary N) is 1. The summed E-state index contributed by atoms with van der Waals surface area (Å²) < 4.78 is 4.67. The topological polar surface area (TPSA) is 88.1 Å². The Morgan fingerprint density at radius 3 is 2.74 bits per heavy atom. The molecule has 1 heterocycles. The van der Waals surface area contributed by atoms with Crippen molar-refractivity contribution in [1.82, 2.24) is 0 Å². The zero-order valence-electron chi connectivity index (χ0n) is 10.9. The van der Waals surface area contributed by atoms with Gasteiger partial charge in [-0.15, -0.1) is 11.3 Å². The number of hydrogen-bond acceptors (Lipinski definition) is 6. The standard InChI is InChI=1S/C13H17N3O2S/c1-18-13(17)11-10(15)9(7-14)12(19-11)16-8-5-3-2-4-6-8/h8,16H,2-6,15H2,1H3. The molecule has 2 rings (SSSR count). The van der Waals surface area contributed by atoms with Crippen LogP contribution < -0.4 is 11.1 Å². The summed E-state index contributed by atoms with van der Waals surface area (Å²) in [5.41, 5.74) is 6.42. The number of nitrogens with one attached hydrogen (secondary N) is 1. The molecule has 1 aliphatic carbocycles. The van der Waals surface area contributed by atoms with Crippen molar-refractivity contribution in [3.63, 3.8) is 0 Å². The summed E-state index contributed by atoms with van der Waals surface area (Å²) in [5.74, 6) is -0.490. The van der Waals surface area contributed by atoms with Gasteiger partial charge in [0, 0.05) is 6.04 Å². The largest absolute Gasteiger partial charge is 0.465 e.